The Bertz CT molecular complexity index is 379. The van der Waals surface area contributed by atoms with Gasteiger partial charge in [-0.25, -0.2) is 0 Å². The highest BCUT2D eigenvalue weighted by molar-refractivity contribution is 5.22. The quantitative estimate of drug-likeness (QED) is 0.774. The normalized spacial score (nSPS) is 17.5. The molecule has 0 saturated heterocycles. The lowest BCUT2D eigenvalue weighted by molar-refractivity contribution is 0.198. The van der Waals surface area contributed by atoms with Gasteiger partial charge in [-0.2, -0.15) is 0 Å². The van der Waals surface area contributed by atoms with Crippen molar-refractivity contribution in [2.24, 2.45) is 17.8 Å². The van der Waals surface area contributed by atoms with Crippen LogP contribution in [0.1, 0.15) is 44.2 Å². The molecule has 0 amide bonds. The molecule has 0 bridgehead atoms. The second-order valence-corrected chi connectivity index (χ2v) is 6.70. The van der Waals surface area contributed by atoms with Gasteiger partial charge >= 0.3 is 0 Å². The highest BCUT2D eigenvalue weighted by Gasteiger charge is 2.27. The molecule has 1 aliphatic rings. The molecule has 2 rings (SSSR count). The van der Waals surface area contributed by atoms with E-state index in [2.05, 4.69) is 50.4 Å². The van der Waals surface area contributed by atoms with Crippen LogP contribution in [0, 0.1) is 24.7 Å². The Kier molecular flexibility index (Phi) is 5.45. The maximum absolute atomic E-state index is 3.67. The predicted octanol–water partition coefficient (Wildman–Crippen LogP) is 4.20. The zero-order valence-electron chi connectivity index (χ0n) is 12.8. The van der Waals surface area contributed by atoms with Gasteiger partial charge in [-0.3, -0.25) is 0 Å². The van der Waals surface area contributed by atoms with Gasteiger partial charge < -0.3 is 5.32 Å². The molecule has 1 nitrogen and oxygen atoms in total. The van der Waals surface area contributed by atoms with Crippen LogP contribution >= 0.6 is 0 Å². The Morgan fingerprint density at radius 1 is 1.21 bits per heavy atom. The van der Waals surface area contributed by atoms with Gasteiger partial charge in [0.2, 0.25) is 0 Å². The van der Waals surface area contributed by atoms with Crippen molar-refractivity contribution in [2.45, 2.75) is 46.5 Å². The molecule has 1 aromatic carbocycles. The van der Waals surface area contributed by atoms with Gasteiger partial charge in [0, 0.05) is 0 Å². The Morgan fingerprint density at radius 3 is 2.58 bits per heavy atom. The Morgan fingerprint density at radius 2 is 2.00 bits per heavy atom. The van der Waals surface area contributed by atoms with Crippen molar-refractivity contribution >= 4 is 0 Å². The van der Waals surface area contributed by atoms with Crippen LogP contribution in [0.25, 0.3) is 0 Å². The highest BCUT2D eigenvalue weighted by atomic mass is 14.9. The molecular weight excluding hydrogens is 230 g/mol. The Hall–Kier alpha value is -0.820. The van der Waals surface area contributed by atoms with E-state index in [1.54, 1.807) is 0 Å². The van der Waals surface area contributed by atoms with Gasteiger partial charge in [0.05, 0.1) is 0 Å². The van der Waals surface area contributed by atoms with E-state index in [1.807, 2.05) is 0 Å². The summed E-state index contributed by atoms with van der Waals surface area (Å²) >= 11 is 0. The van der Waals surface area contributed by atoms with Gasteiger partial charge in [-0.05, 0) is 49.8 Å². The summed E-state index contributed by atoms with van der Waals surface area (Å²) in [6.07, 6.45) is 5.58. The van der Waals surface area contributed by atoms with E-state index in [0.717, 1.165) is 24.3 Å². The summed E-state index contributed by atoms with van der Waals surface area (Å²) in [6.45, 7) is 9.10. The largest absolute Gasteiger partial charge is 0.316 e. The zero-order chi connectivity index (χ0) is 13.7. The van der Waals surface area contributed by atoms with Gasteiger partial charge in [0.15, 0.2) is 0 Å². The number of benzene rings is 1. The SMILES string of the molecule is Cc1cccc(CC(CNCC(C)C)C2CCC2)c1. The van der Waals surface area contributed by atoms with Gasteiger partial charge in [0.25, 0.3) is 0 Å². The molecule has 106 valence electrons. The summed E-state index contributed by atoms with van der Waals surface area (Å²) < 4.78 is 0. The van der Waals surface area contributed by atoms with E-state index in [1.165, 1.54) is 43.4 Å². The first kappa shape index (κ1) is 14.6. The van der Waals surface area contributed by atoms with Crippen molar-refractivity contribution in [3.63, 3.8) is 0 Å². The summed E-state index contributed by atoms with van der Waals surface area (Å²) in [5.41, 5.74) is 2.91. The molecule has 1 N–H and O–H groups in total. The fourth-order valence-corrected chi connectivity index (χ4v) is 3.02. The van der Waals surface area contributed by atoms with Crippen LogP contribution in [0.5, 0.6) is 0 Å². The van der Waals surface area contributed by atoms with Crippen LogP contribution in [0.15, 0.2) is 24.3 Å². The fraction of sp³-hybridized carbons (Fsp3) is 0.667. The van der Waals surface area contributed by atoms with Crippen LogP contribution in [-0.4, -0.2) is 13.1 Å². The third-order valence-electron chi connectivity index (χ3n) is 4.36. The molecule has 0 radical (unpaired) electrons. The fourth-order valence-electron chi connectivity index (χ4n) is 3.02. The number of hydrogen-bond acceptors (Lipinski definition) is 1. The second-order valence-electron chi connectivity index (χ2n) is 6.70. The first-order chi connectivity index (χ1) is 9.15. The van der Waals surface area contributed by atoms with Crippen molar-refractivity contribution in [1.82, 2.24) is 5.32 Å². The molecule has 19 heavy (non-hydrogen) atoms. The molecule has 0 aromatic heterocycles. The van der Waals surface area contributed by atoms with Crippen LogP contribution in [-0.2, 0) is 6.42 Å². The summed E-state index contributed by atoms with van der Waals surface area (Å²) in [7, 11) is 0. The molecule has 0 aliphatic heterocycles. The van der Waals surface area contributed by atoms with Crippen molar-refractivity contribution in [3.8, 4) is 0 Å². The number of hydrogen-bond donors (Lipinski definition) is 1. The van der Waals surface area contributed by atoms with Crippen molar-refractivity contribution in [1.29, 1.82) is 0 Å². The third-order valence-corrected chi connectivity index (χ3v) is 4.36. The third kappa shape index (κ3) is 4.65. The molecule has 1 aliphatic carbocycles. The van der Waals surface area contributed by atoms with Crippen molar-refractivity contribution in [2.75, 3.05) is 13.1 Å². The highest BCUT2D eigenvalue weighted by Crippen LogP contribution is 2.35. The molecular formula is C18H29N. The molecule has 0 heterocycles. The van der Waals surface area contributed by atoms with Crippen LogP contribution in [0.4, 0.5) is 0 Å². The molecule has 1 fully saturated rings. The van der Waals surface area contributed by atoms with E-state index in [4.69, 9.17) is 0 Å². The molecule has 1 unspecified atom stereocenters. The van der Waals surface area contributed by atoms with Gasteiger partial charge in [0.1, 0.15) is 0 Å². The van der Waals surface area contributed by atoms with E-state index < -0.39 is 0 Å². The molecule has 1 aromatic rings. The van der Waals surface area contributed by atoms with Gasteiger partial charge in [-0.15, -0.1) is 0 Å². The summed E-state index contributed by atoms with van der Waals surface area (Å²) in [4.78, 5) is 0. The minimum absolute atomic E-state index is 0.751. The molecule has 1 saturated carbocycles. The standard InChI is InChI=1S/C18H29N/c1-14(2)12-19-13-18(17-8-5-9-17)11-16-7-4-6-15(3)10-16/h4,6-7,10,14,17-19H,5,8-9,11-13H2,1-3H3. The Labute approximate surface area is 118 Å². The van der Waals surface area contributed by atoms with Crippen LogP contribution < -0.4 is 5.32 Å². The second kappa shape index (κ2) is 7.09. The average Bonchev–Trinajstić information content (AvgIpc) is 2.25. The van der Waals surface area contributed by atoms with Gasteiger partial charge in [-0.1, -0.05) is 62.9 Å². The summed E-state index contributed by atoms with van der Waals surface area (Å²) in [5, 5.41) is 3.67. The number of nitrogens with one attached hydrogen (secondary N) is 1. The Balaban J connectivity index is 1.89. The van der Waals surface area contributed by atoms with E-state index in [-0.39, 0.29) is 0 Å². The monoisotopic (exact) mass is 259 g/mol. The summed E-state index contributed by atoms with van der Waals surface area (Å²) in [6, 6.07) is 9.04. The smallest absolute Gasteiger partial charge is 0.00146 e. The average molecular weight is 259 g/mol. The van der Waals surface area contributed by atoms with E-state index in [9.17, 15) is 0 Å². The van der Waals surface area contributed by atoms with Crippen molar-refractivity contribution < 1.29 is 0 Å². The minimum atomic E-state index is 0.751. The number of rotatable bonds is 7. The van der Waals surface area contributed by atoms with E-state index in [0.29, 0.717) is 0 Å². The molecule has 0 spiro atoms. The minimum Gasteiger partial charge on any atom is -0.316 e. The first-order valence-electron chi connectivity index (χ1n) is 7.91. The van der Waals surface area contributed by atoms with Crippen LogP contribution in [0.3, 0.4) is 0 Å². The molecule has 1 atom stereocenters. The lowest BCUT2D eigenvalue weighted by atomic mass is 9.73. The summed E-state index contributed by atoms with van der Waals surface area (Å²) in [5.74, 6) is 2.54. The number of aryl methyl sites for hydroxylation is 1. The zero-order valence-corrected chi connectivity index (χ0v) is 12.8. The lowest BCUT2D eigenvalue weighted by Crippen LogP contribution is -2.34. The predicted molar refractivity (Wildman–Crippen MR) is 83.4 cm³/mol. The van der Waals surface area contributed by atoms with E-state index >= 15 is 0 Å². The first-order valence-corrected chi connectivity index (χ1v) is 7.91. The topological polar surface area (TPSA) is 12.0 Å². The maximum atomic E-state index is 3.67. The lowest BCUT2D eigenvalue weighted by Gasteiger charge is -2.34. The van der Waals surface area contributed by atoms with Crippen molar-refractivity contribution in [3.05, 3.63) is 35.4 Å². The van der Waals surface area contributed by atoms with Crippen LogP contribution in [0.2, 0.25) is 0 Å². The maximum Gasteiger partial charge on any atom is -0.00146 e. The molecule has 1 heteroatoms.